The number of nitro groups is 1. The van der Waals surface area contributed by atoms with Crippen LogP contribution in [0.2, 0.25) is 0 Å². The lowest BCUT2D eigenvalue weighted by Crippen LogP contribution is -2.52. The van der Waals surface area contributed by atoms with Crippen LogP contribution in [-0.2, 0) is 9.84 Å². The third-order valence-electron chi connectivity index (χ3n) is 4.02. The monoisotopic (exact) mass is 398 g/mol. The van der Waals surface area contributed by atoms with Gasteiger partial charge in [-0.25, -0.2) is 8.42 Å². The van der Waals surface area contributed by atoms with Crippen LogP contribution in [0.1, 0.15) is 6.92 Å². The molecule has 1 aliphatic heterocycles. The van der Waals surface area contributed by atoms with E-state index in [1.54, 1.807) is 0 Å². The van der Waals surface area contributed by atoms with Crippen molar-refractivity contribution in [3.8, 4) is 0 Å². The molecule has 1 aromatic carbocycles. The highest BCUT2D eigenvalue weighted by atomic mass is 32.2. The van der Waals surface area contributed by atoms with E-state index in [0.717, 1.165) is 17.9 Å². The Balaban J connectivity index is 2.12. The van der Waals surface area contributed by atoms with E-state index >= 15 is 0 Å². The number of nitrogens with one attached hydrogen (secondary N) is 1. The molecule has 0 aliphatic carbocycles. The lowest BCUT2D eigenvalue weighted by molar-refractivity contribution is -0.384. The van der Waals surface area contributed by atoms with Crippen molar-refractivity contribution in [2.24, 2.45) is 0 Å². The first-order valence-corrected chi connectivity index (χ1v) is 10.3. The normalized spacial score (nSPS) is 14.8. The van der Waals surface area contributed by atoms with Gasteiger partial charge in [0.05, 0.1) is 9.82 Å². The first-order valence-electron chi connectivity index (χ1n) is 8.00. The van der Waals surface area contributed by atoms with Crippen molar-refractivity contribution in [1.29, 1.82) is 0 Å². The van der Waals surface area contributed by atoms with E-state index in [-0.39, 0.29) is 10.6 Å². The van der Waals surface area contributed by atoms with E-state index in [0.29, 0.717) is 43.5 Å². The van der Waals surface area contributed by atoms with Crippen LogP contribution in [0.4, 0.5) is 11.4 Å². The minimum absolute atomic E-state index is 0.0586. The summed E-state index contributed by atoms with van der Waals surface area (Å²) in [7, 11) is -3.50. The molecule has 1 N–H and O–H groups in total. The number of hydrogen-bond acceptors (Lipinski definition) is 6. The van der Waals surface area contributed by atoms with Crippen LogP contribution in [0, 0.1) is 10.1 Å². The molecule has 0 bridgehead atoms. The van der Waals surface area contributed by atoms with Crippen molar-refractivity contribution < 1.29 is 13.3 Å². The second-order valence-electron chi connectivity index (χ2n) is 6.27. The Hall–Kier alpha value is -2.20. The van der Waals surface area contributed by atoms with Crippen molar-refractivity contribution in [1.82, 2.24) is 10.2 Å². The summed E-state index contributed by atoms with van der Waals surface area (Å²) in [5.41, 5.74) is 1.19. The number of sulfone groups is 1. The van der Waals surface area contributed by atoms with Crippen LogP contribution in [0.3, 0.4) is 0 Å². The largest absolute Gasteiger partial charge is 0.362 e. The second kappa shape index (κ2) is 8.00. The molecule has 26 heavy (non-hydrogen) atoms. The first-order chi connectivity index (χ1) is 12.1. The quantitative estimate of drug-likeness (QED) is 0.346. The van der Waals surface area contributed by atoms with E-state index in [9.17, 15) is 18.5 Å². The van der Waals surface area contributed by atoms with Gasteiger partial charge in [-0.3, -0.25) is 10.1 Å². The molecule has 0 unspecified atom stereocenters. The van der Waals surface area contributed by atoms with Crippen LogP contribution < -0.4 is 10.2 Å². The minimum Gasteiger partial charge on any atom is -0.362 e. The van der Waals surface area contributed by atoms with Crippen molar-refractivity contribution in [2.75, 3.05) is 43.9 Å². The predicted molar refractivity (Wildman–Crippen MR) is 105 cm³/mol. The smallest absolute Gasteiger partial charge is 0.293 e. The van der Waals surface area contributed by atoms with E-state index in [1.807, 2.05) is 16.7 Å². The van der Waals surface area contributed by atoms with Crippen LogP contribution in [0.5, 0.6) is 0 Å². The number of anilines is 1. The molecule has 0 radical (unpaired) electrons. The third-order valence-corrected chi connectivity index (χ3v) is 5.53. The Morgan fingerprint density at radius 2 is 1.96 bits per heavy atom. The number of nitro benzene ring substituents is 1. The van der Waals surface area contributed by atoms with Gasteiger partial charge in [-0.05, 0) is 31.3 Å². The molecular formula is C16H22N4O4S2. The van der Waals surface area contributed by atoms with Gasteiger partial charge in [0.2, 0.25) is 0 Å². The van der Waals surface area contributed by atoms with Gasteiger partial charge in [-0.15, -0.1) is 0 Å². The Morgan fingerprint density at radius 1 is 1.35 bits per heavy atom. The zero-order chi connectivity index (χ0) is 19.5. The third kappa shape index (κ3) is 4.92. The number of piperazine rings is 1. The molecule has 0 saturated carbocycles. The average Bonchev–Trinajstić information content (AvgIpc) is 2.58. The van der Waals surface area contributed by atoms with Gasteiger partial charge < -0.3 is 15.1 Å². The summed E-state index contributed by atoms with van der Waals surface area (Å²) in [5.74, 6) is 0. The van der Waals surface area contributed by atoms with Gasteiger partial charge in [0.25, 0.3) is 5.69 Å². The molecule has 1 aromatic rings. The van der Waals surface area contributed by atoms with Gasteiger partial charge in [-0.1, -0.05) is 12.2 Å². The van der Waals surface area contributed by atoms with Crippen molar-refractivity contribution in [2.45, 2.75) is 11.8 Å². The van der Waals surface area contributed by atoms with E-state index in [2.05, 4.69) is 11.9 Å². The van der Waals surface area contributed by atoms with Crippen LogP contribution in [0.15, 0.2) is 35.2 Å². The molecule has 0 amide bonds. The number of hydrogen-bond donors (Lipinski definition) is 1. The van der Waals surface area contributed by atoms with Crippen LogP contribution >= 0.6 is 12.2 Å². The number of benzene rings is 1. The molecule has 1 aliphatic rings. The topological polar surface area (TPSA) is 95.8 Å². The summed E-state index contributed by atoms with van der Waals surface area (Å²) >= 11 is 5.35. The summed E-state index contributed by atoms with van der Waals surface area (Å²) in [4.78, 5) is 14.7. The van der Waals surface area contributed by atoms with E-state index in [1.165, 1.54) is 12.1 Å². The number of thiocarbonyl (C=S) groups is 1. The minimum atomic E-state index is -3.50. The number of rotatable bonds is 5. The molecule has 0 spiro atoms. The fourth-order valence-electron chi connectivity index (χ4n) is 2.64. The molecular weight excluding hydrogens is 376 g/mol. The lowest BCUT2D eigenvalue weighted by Gasteiger charge is -2.37. The molecule has 1 fully saturated rings. The molecule has 0 atom stereocenters. The van der Waals surface area contributed by atoms with Crippen molar-refractivity contribution in [3.05, 3.63) is 40.5 Å². The summed E-state index contributed by atoms with van der Waals surface area (Å²) in [6, 6.07) is 4.03. The average molecular weight is 399 g/mol. The maximum Gasteiger partial charge on any atom is 0.293 e. The van der Waals surface area contributed by atoms with Gasteiger partial charge in [0.1, 0.15) is 5.69 Å². The second-order valence-corrected chi connectivity index (χ2v) is 8.67. The summed E-state index contributed by atoms with van der Waals surface area (Å²) in [6.45, 7) is 8.67. The van der Waals surface area contributed by atoms with E-state index in [4.69, 9.17) is 12.2 Å². The lowest BCUT2D eigenvalue weighted by atomic mass is 10.2. The standard InChI is InChI=1S/C16H22N4O4S2/c1-12(2)11-17-16(25)19-8-6-18(7-9-19)14-5-4-13(26(3,23)24)10-15(14)20(21)22/h4-5,10H,1,6-9,11H2,2-3H3,(H,17,25). The SMILES string of the molecule is C=C(C)CNC(=S)N1CCN(c2ccc(S(C)(=O)=O)cc2[N+](=O)[O-])CC1. The summed E-state index contributed by atoms with van der Waals surface area (Å²) < 4.78 is 23.3. The highest BCUT2D eigenvalue weighted by Crippen LogP contribution is 2.31. The number of nitrogens with zero attached hydrogens (tertiary/aromatic N) is 3. The Kier molecular flexibility index (Phi) is 6.19. The molecule has 2 rings (SSSR count). The van der Waals surface area contributed by atoms with E-state index < -0.39 is 14.8 Å². The fourth-order valence-corrected chi connectivity index (χ4v) is 3.53. The summed E-state index contributed by atoms with van der Waals surface area (Å²) in [6.07, 6.45) is 1.03. The van der Waals surface area contributed by atoms with Crippen LogP contribution in [0.25, 0.3) is 0 Å². The fraction of sp³-hybridized carbons (Fsp3) is 0.438. The van der Waals surface area contributed by atoms with Crippen molar-refractivity contribution >= 4 is 38.5 Å². The zero-order valence-electron chi connectivity index (χ0n) is 14.8. The van der Waals surface area contributed by atoms with Gasteiger partial charge >= 0.3 is 0 Å². The highest BCUT2D eigenvalue weighted by Gasteiger charge is 2.26. The van der Waals surface area contributed by atoms with Gasteiger partial charge in [-0.2, -0.15) is 0 Å². The molecule has 1 saturated heterocycles. The van der Waals surface area contributed by atoms with Crippen LogP contribution in [-0.4, -0.2) is 62.3 Å². The molecule has 1 heterocycles. The Labute approximate surface area is 158 Å². The highest BCUT2D eigenvalue weighted by molar-refractivity contribution is 7.90. The van der Waals surface area contributed by atoms with Crippen molar-refractivity contribution in [3.63, 3.8) is 0 Å². The first kappa shape index (κ1) is 20.1. The maximum absolute atomic E-state index is 11.7. The molecule has 0 aromatic heterocycles. The summed E-state index contributed by atoms with van der Waals surface area (Å²) in [5, 5.41) is 15.2. The zero-order valence-corrected chi connectivity index (χ0v) is 16.4. The predicted octanol–water partition coefficient (Wildman–Crippen LogP) is 1.57. The van der Waals surface area contributed by atoms with Gasteiger partial charge in [0.15, 0.2) is 14.9 Å². The molecule has 10 heteroatoms. The molecule has 8 nitrogen and oxygen atoms in total. The molecule has 142 valence electrons. The maximum atomic E-state index is 11.7. The Bertz CT molecular complexity index is 831. The Morgan fingerprint density at radius 3 is 2.46 bits per heavy atom. The van der Waals surface area contributed by atoms with Gasteiger partial charge in [0, 0.05) is 45.0 Å².